The van der Waals surface area contributed by atoms with E-state index in [0.717, 1.165) is 37.2 Å². The van der Waals surface area contributed by atoms with Crippen LogP contribution in [0.2, 0.25) is 0 Å². The second-order valence-electron chi connectivity index (χ2n) is 5.67. The number of likely N-dealkylation sites (tertiary alicyclic amines) is 1. The lowest BCUT2D eigenvalue weighted by molar-refractivity contribution is -0.128. The number of ether oxygens (including phenoxy) is 1. The second-order valence-corrected chi connectivity index (χ2v) is 5.67. The van der Waals surface area contributed by atoms with E-state index in [1.165, 1.54) is 5.56 Å². The molecule has 1 unspecified atom stereocenters. The lowest BCUT2D eigenvalue weighted by Gasteiger charge is -2.20. The fourth-order valence-electron chi connectivity index (χ4n) is 2.75. The molecule has 0 radical (unpaired) electrons. The number of nitrogens with one attached hydrogen (secondary N) is 1. The average molecular weight is 290 g/mol. The molecule has 116 valence electrons. The number of nitrogens with zero attached hydrogens (tertiary/aromatic N) is 1. The first-order valence-corrected chi connectivity index (χ1v) is 7.83. The Bertz CT molecular complexity index is 488. The maximum Gasteiger partial charge on any atom is 0.222 e. The van der Waals surface area contributed by atoms with Crippen molar-refractivity contribution in [2.45, 2.75) is 45.7 Å². The van der Waals surface area contributed by atoms with Gasteiger partial charge in [-0.1, -0.05) is 13.0 Å². The van der Waals surface area contributed by atoms with E-state index < -0.39 is 0 Å². The van der Waals surface area contributed by atoms with E-state index in [2.05, 4.69) is 31.3 Å². The Morgan fingerprint density at radius 1 is 1.43 bits per heavy atom. The quantitative estimate of drug-likeness (QED) is 0.839. The van der Waals surface area contributed by atoms with E-state index in [1.54, 1.807) is 7.11 Å². The lowest BCUT2D eigenvalue weighted by atomic mass is 10.0. The molecule has 21 heavy (non-hydrogen) atoms. The van der Waals surface area contributed by atoms with Crippen LogP contribution in [0.4, 0.5) is 0 Å². The van der Waals surface area contributed by atoms with Crippen molar-refractivity contribution < 1.29 is 9.53 Å². The van der Waals surface area contributed by atoms with Gasteiger partial charge in [-0.05, 0) is 44.0 Å². The summed E-state index contributed by atoms with van der Waals surface area (Å²) in [7, 11) is 1.68. The molecule has 1 atom stereocenters. The molecular weight excluding hydrogens is 264 g/mol. The Labute approximate surface area is 127 Å². The van der Waals surface area contributed by atoms with Crippen molar-refractivity contribution in [1.82, 2.24) is 10.2 Å². The van der Waals surface area contributed by atoms with Crippen LogP contribution < -0.4 is 10.1 Å². The van der Waals surface area contributed by atoms with E-state index >= 15 is 0 Å². The molecule has 2 rings (SSSR count). The summed E-state index contributed by atoms with van der Waals surface area (Å²) in [4.78, 5) is 13.7. The summed E-state index contributed by atoms with van der Waals surface area (Å²) >= 11 is 0. The van der Waals surface area contributed by atoms with Gasteiger partial charge in [-0.2, -0.15) is 0 Å². The van der Waals surface area contributed by atoms with Gasteiger partial charge in [0, 0.05) is 31.1 Å². The molecule has 4 heteroatoms. The van der Waals surface area contributed by atoms with Crippen molar-refractivity contribution in [2.75, 3.05) is 20.2 Å². The molecule has 1 aromatic carbocycles. The molecule has 4 nitrogen and oxygen atoms in total. The minimum atomic E-state index is 0.250. The molecule has 1 amide bonds. The lowest BCUT2D eigenvalue weighted by Crippen LogP contribution is -2.24. The van der Waals surface area contributed by atoms with Gasteiger partial charge in [-0.15, -0.1) is 0 Å². The van der Waals surface area contributed by atoms with Gasteiger partial charge in [-0.3, -0.25) is 4.79 Å². The SMILES string of the molecule is CCCNC(C)c1ccc(OC)c(CN2CCCC2=O)c1. The monoisotopic (exact) mass is 290 g/mol. The number of amides is 1. The topological polar surface area (TPSA) is 41.6 Å². The van der Waals surface area contributed by atoms with E-state index in [0.29, 0.717) is 19.0 Å². The van der Waals surface area contributed by atoms with Gasteiger partial charge in [0.25, 0.3) is 0 Å². The van der Waals surface area contributed by atoms with Crippen LogP contribution in [0.3, 0.4) is 0 Å². The van der Waals surface area contributed by atoms with E-state index in [9.17, 15) is 4.79 Å². The molecule has 1 N–H and O–H groups in total. The highest BCUT2D eigenvalue weighted by molar-refractivity contribution is 5.78. The molecule has 1 heterocycles. The first-order chi connectivity index (χ1) is 10.2. The Morgan fingerprint density at radius 3 is 2.86 bits per heavy atom. The first kappa shape index (κ1) is 15.8. The van der Waals surface area contributed by atoms with Crippen LogP contribution in [0.15, 0.2) is 18.2 Å². The van der Waals surface area contributed by atoms with Crippen LogP contribution >= 0.6 is 0 Å². The molecule has 1 fully saturated rings. The third-order valence-corrected chi connectivity index (χ3v) is 4.04. The van der Waals surface area contributed by atoms with E-state index in [4.69, 9.17) is 4.74 Å². The van der Waals surface area contributed by atoms with Gasteiger partial charge in [-0.25, -0.2) is 0 Å². The third-order valence-electron chi connectivity index (χ3n) is 4.04. The second kappa shape index (κ2) is 7.46. The smallest absolute Gasteiger partial charge is 0.222 e. The van der Waals surface area contributed by atoms with Crippen molar-refractivity contribution in [3.05, 3.63) is 29.3 Å². The third kappa shape index (κ3) is 3.97. The molecule has 0 aliphatic carbocycles. The summed E-state index contributed by atoms with van der Waals surface area (Å²) < 4.78 is 5.45. The largest absolute Gasteiger partial charge is 0.496 e. The van der Waals surface area contributed by atoms with Crippen molar-refractivity contribution >= 4 is 5.91 Å². The molecule has 0 bridgehead atoms. The van der Waals surface area contributed by atoms with Crippen LogP contribution in [0.1, 0.15) is 50.3 Å². The Kier molecular flexibility index (Phi) is 5.62. The highest BCUT2D eigenvalue weighted by Crippen LogP contribution is 2.26. The predicted molar refractivity (Wildman–Crippen MR) is 84.4 cm³/mol. The minimum absolute atomic E-state index is 0.250. The fourth-order valence-corrected chi connectivity index (χ4v) is 2.75. The number of benzene rings is 1. The normalized spacial score (nSPS) is 16.3. The van der Waals surface area contributed by atoms with E-state index in [1.807, 2.05) is 11.0 Å². The summed E-state index contributed by atoms with van der Waals surface area (Å²) in [5.74, 6) is 1.11. The number of carbonyl (C=O) groups is 1. The van der Waals surface area contributed by atoms with Crippen LogP contribution in [0.5, 0.6) is 5.75 Å². The highest BCUT2D eigenvalue weighted by Gasteiger charge is 2.21. The zero-order valence-electron chi connectivity index (χ0n) is 13.3. The minimum Gasteiger partial charge on any atom is -0.496 e. The summed E-state index contributed by atoms with van der Waals surface area (Å²) in [6.45, 7) is 6.85. The maximum atomic E-state index is 11.8. The van der Waals surface area contributed by atoms with Crippen LogP contribution in [-0.4, -0.2) is 31.0 Å². The summed E-state index contributed by atoms with van der Waals surface area (Å²) in [6, 6.07) is 6.58. The maximum absolute atomic E-state index is 11.8. The molecule has 1 aromatic rings. The number of hydrogen-bond acceptors (Lipinski definition) is 3. The van der Waals surface area contributed by atoms with Gasteiger partial charge < -0.3 is 15.0 Å². The number of hydrogen-bond donors (Lipinski definition) is 1. The summed E-state index contributed by atoms with van der Waals surface area (Å²) in [6.07, 6.45) is 2.77. The molecule has 1 aliphatic heterocycles. The Hall–Kier alpha value is -1.55. The summed E-state index contributed by atoms with van der Waals surface area (Å²) in [5.41, 5.74) is 2.33. The van der Waals surface area contributed by atoms with E-state index in [-0.39, 0.29) is 5.91 Å². The Balaban J connectivity index is 2.15. The van der Waals surface area contributed by atoms with Crippen molar-refractivity contribution in [3.63, 3.8) is 0 Å². The average Bonchev–Trinajstić information content (AvgIpc) is 2.90. The van der Waals surface area contributed by atoms with Crippen molar-refractivity contribution in [2.24, 2.45) is 0 Å². The fraction of sp³-hybridized carbons (Fsp3) is 0.588. The van der Waals surface area contributed by atoms with Crippen LogP contribution in [0, 0.1) is 0 Å². The number of methoxy groups -OCH3 is 1. The zero-order valence-corrected chi connectivity index (χ0v) is 13.3. The molecule has 0 spiro atoms. The van der Waals surface area contributed by atoms with Crippen molar-refractivity contribution in [3.8, 4) is 5.75 Å². The van der Waals surface area contributed by atoms with Gasteiger partial charge in [0.2, 0.25) is 5.91 Å². The predicted octanol–water partition coefficient (Wildman–Crippen LogP) is 2.88. The molecule has 0 saturated carbocycles. The standard InChI is InChI=1S/C17H26N2O2/c1-4-9-18-13(2)14-7-8-16(21-3)15(11-14)12-19-10-5-6-17(19)20/h7-8,11,13,18H,4-6,9-10,12H2,1-3H3. The molecule has 1 saturated heterocycles. The first-order valence-electron chi connectivity index (χ1n) is 7.83. The molecular formula is C17H26N2O2. The zero-order chi connectivity index (χ0) is 15.2. The highest BCUT2D eigenvalue weighted by atomic mass is 16.5. The van der Waals surface area contributed by atoms with Gasteiger partial charge in [0.15, 0.2) is 0 Å². The van der Waals surface area contributed by atoms with Crippen molar-refractivity contribution in [1.29, 1.82) is 0 Å². The van der Waals surface area contributed by atoms with Gasteiger partial charge >= 0.3 is 0 Å². The summed E-state index contributed by atoms with van der Waals surface area (Å²) in [5, 5.41) is 3.49. The van der Waals surface area contributed by atoms with Crippen LogP contribution in [0.25, 0.3) is 0 Å². The van der Waals surface area contributed by atoms with Crippen LogP contribution in [-0.2, 0) is 11.3 Å². The molecule has 1 aliphatic rings. The molecule has 0 aromatic heterocycles. The Morgan fingerprint density at radius 2 is 2.24 bits per heavy atom. The van der Waals surface area contributed by atoms with Gasteiger partial charge in [0.05, 0.1) is 7.11 Å². The van der Waals surface area contributed by atoms with Gasteiger partial charge in [0.1, 0.15) is 5.75 Å². The number of carbonyl (C=O) groups excluding carboxylic acids is 1. The number of rotatable bonds is 7.